The molecule has 0 spiro atoms. The summed E-state index contributed by atoms with van der Waals surface area (Å²) in [6.45, 7) is 1.99. The van der Waals surface area contributed by atoms with Crippen LogP contribution in [0.3, 0.4) is 0 Å². The largest absolute Gasteiger partial charge is 0.480 e. The minimum absolute atomic E-state index is 0.0107. The fraction of sp³-hybridized carbons (Fsp3) is 0.529. The molecule has 1 saturated heterocycles. The van der Waals surface area contributed by atoms with Crippen LogP contribution in [-0.4, -0.2) is 73.8 Å². The van der Waals surface area contributed by atoms with Crippen LogP contribution in [0.4, 0.5) is 13.2 Å². The quantitative estimate of drug-likeness (QED) is 0.792. The molecule has 0 unspecified atom stereocenters. The van der Waals surface area contributed by atoms with E-state index in [-0.39, 0.29) is 12.6 Å². The average Bonchev–Trinajstić information content (AvgIpc) is 3.09. The van der Waals surface area contributed by atoms with Crippen LogP contribution in [0.2, 0.25) is 0 Å². The van der Waals surface area contributed by atoms with Gasteiger partial charge in [0.05, 0.1) is 24.3 Å². The van der Waals surface area contributed by atoms with Crippen LogP contribution in [0.15, 0.2) is 24.3 Å². The number of aliphatic carboxylic acids is 1. The first-order valence-corrected chi connectivity index (χ1v) is 8.83. The van der Waals surface area contributed by atoms with Crippen molar-refractivity contribution in [3.8, 4) is 5.69 Å². The van der Waals surface area contributed by atoms with Crippen molar-refractivity contribution in [1.82, 2.24) is 30.0 Å². The molecule has 152 valence electrons. The second-order valence-corrected chi connectivity index (χ2v) is 6.87. The molecule has 1 aromatic carbocycles. The van der Waals surface area contributed by atoms with Crippen molar-refractivity contribution in [2.24, 2.45) is 0 Å². The second kappa shape index (κ2) is 8.23. The van der Waals surface area contributed by atoms with E-state index in [0.29, 0.717) is 18.1 Å². The van der Waals surface area contributed by atoms with E-state index >= 15 is 0 Å². The zero-order valence-corrected chi connectivity index (χ0v) is 15.3. The molecule has 0 radical (unpaired) electrons. The fourth-order valence-corrected chi connectivity index (χ4v) is 3.36. The fourth-order valence-electron chi connectivity index (χ4n) is 3.36. The normalized spacial score (nSPS) is 16.6. The summed E-state index contributed by atoms with van der Waals surface area (Å²) in [7, 11) is 1.81. The number of carboxylic acid groups (broad SMARTS) is 1. The maximum Gasteiger partial charge on any atom is 0.416 e. The second-order valence-electron chi connectivity index (χ2n) is 6.87. The minimum Gasteiger partial charge on any atom is -0.480 e. The molecule has 0 atom stereocenters. The molecule has 1 fully saturated rings. The smallest absolute Gasteiger partial charge is 0.416 e. The Balaban J connectivity index is 1.62. The number of likely N-dealkylation sites (tertiary alicyclic amines) is 1. The van der Waals surface area contributed by atoms with Gasteiger partial charge in [0.2, 0.25) is 0 Å². The highest BCUT2D eigenvalue weighted by atomic mass is 19.4. The lowest BCUT2D eigenvalue weighted by Crippen LogP contribution is -2.44. The van der Waals surface area contributed by atoms with Gasteiger partial charge in [0.1, 0.15) is 0 Å². The molecule has 11 heteroatoms. The van der Waals surface area contributed by atoms with Gasteiger partial charge in [-0.15, -0.1) is 5.10 Å². The molecule has 2 heterocycles. The minimum atomic E-state index is -4.39. The van der Waals surface area contributed by atoms with E-state index in [1.165, 1.54) is 16.8 Å². The van der Waals surface area contributed by atoms with Gasteiger partial charge in [0.25, 0.3) is 0 Å². The number of tetrazole rings is 1. The first-order chi connectivity index (χ1) is 13.2. The Morgan fingerprint density at radius 2 is 1.89 bits per heavy atom. The van der Waals surface area contributed by atoms with Crippen LogP contribution in [0.25, 0.3) is 5.69 Å². The number of piperidine rings is 1. The van der Waals surface area contributed by atoms with Crippen molar-refractivity contribution in [3.63, 3.8) is 0 Å². The van der Waals surface area contributed by atoms with E-state index in [1.807, 2.05) is 4.90 Å². The molecule has 1 N–H and O–H groups in total. The molecule has 8 nitrogen and oxygen atoms in total. The summed E-state index contributed by atoms with van der Waals surface area (Å²) in [5.74, 6) is -0.308. The molecule has 3 rings (SSSR count). The number of carbonyl (C=O) groups is 1. The molecule has 0 bridgehead atoms. The predicted molar refractivity (Wildman–Crippen MR) is 92.7 cm³/mol. The van der Waals surface area contributed by atoms with E-state index in [9.17, 15) is 18.0 Å². The van der Waals surface area contributed by atoms with Crippen LogP contribution < -0.4 is 0 Å². The molecular weight excluding hydrogens is 377 g/mol. The summed E-state index contributed by atoms with van der Waals surface area (Å²) >= 11 is 0. The summed E-state index contributed by atoms with van der Waals surface area (Å²) < 4.78 is 39.6. The molecule has 28 heavy (non-hydrogen) atoms. The van der Waals surface area contributed by atoms with E-state index in [1.54, 1.807) is 7.05 Å². The Hall–Kier alpha value is -2.53. The van der Waals surface area contributed by atoms with Crippen molar-refractivity contribution < 1.29 is 23.1 Å². The Kier molecular flexibility index (Phi) is 5.94. The van der Waals surface area contributed by atoms with Gasteiger partial charge in [-0.25, -0.2) is 0 Å². The van der Waals surface area contributed by atoms with Gasteiger partial charge in [-0.2, -0.15) is 17.9 Å². The lowest BCUT2D eigenvalue weighted by atomic mass is 10.0. The van der Waals surface area contributed by atoms with E-state index in [4.69, 9.17) is 5.11 Å². The lowest BCUT2D eigenvalue weighted by molar-refractivity contribution is -0.139. The first kappa shape index (κ1) is 20.2. The number of benzene rings is 1. The highest BCUT2D eigenvalue weighted by Gasteiger charge is 2.30. The maximum atomic E-state index is 12.7. The van der Waals surface area contributed by atoms with Crippen molar-refractivity contribution in [2.75, 3.05) is 26.7 Å². The average molecular weight is 398 g/mol. The number of hydrogen-bond acceptors (Lipinski definition) is 6. The van der Waals surface area contributed by atoms with Gasteiger partial charge in [-0.1, -0.05) is 0 Å². The number of alkyl halides is 3. The monoisotopic (exact) mass is 398 g/mol. The van der Waals surface area contributed by atoms with Gasteiger partial charge in [-0.3, -0.25) is 14.6 Å². The van der Waals surface area contributed by atoms with Gasteiger partial charge in [0.15, 0.2) is 5.82 Å². The summed E-state index contributed by atoms with van der Waals surface area (Å²) in [6.07, 6.45) is -2.74. The molecular formula is C17H21F3N6O2. The SMILES string of the molecule is CN(CC(=O)O)C1CCN(Cc2nnnn2-c2ccc(C(F)(F)F)cc2)CC1. The standard InChI is InChI=1S/C17H21F3N6O2/c1-24(11-16(27)28)13-6-8-25(9-7-13)10-15-21-22-23-26(15)14-4-2-12(3-5-14)17(18,19)20/h2-5,13H,6-11H2,1H3,(H,27,28). The van der Waals surface area contributed by atoms with E-state index < -0.39 is 17.7 Å². The third-order valence-electron chi connectivity index (χ3n) is 4.90. The number of aromatic nitrogens is 4. The van der Waals surface area contributed by atoms with Gasteiger partial charge >= 0.3 is 12.1 Å². The molecule has 1 aliphatic heterocycles. The van der Waals surface area contributed by atoms with Gasteiger partial charge < -0.3 is 5.11 Å². The first-order valence-electron chi connectivity index (χ1n) is 8.83. The predicted octanol–water partition coefficient (Wildman–Crippen LogP) is 1.66. The van der Waals surface area contributed by atoms with Crippen molar-refractivity contribution in [1.29, 1.82) is 0 Å². The summed E-state index contributed by atoms with van der Waals surface area (Å²) in [5, 5.41) is 20.4. The molecule has 2 aromatic rings. The highest BCUT2D eigenvalue weighted by molar-refractivity contribution is 5.69. The number of rotatable bonds is 6. The Bertz CT molecular complexity index is 800. The molecule has 1 aromatic heterocycles. The Labute approximate surface area is 159 Å². The number of nitrogens with zero attached hydrogens (tertiary/aromatic N) is 6. The van der Waals surface area contributed by atoms with E-state index in [0.717, 1.165) is 38.1 Å². The van der Waals surface area contributed by atoms with Crippen LogP contribution in [-0.2, 0) is 17.5 Å². The van der Waals surface area contributed by atoms with E-state index in [2.05, 4.69) is 20.4 Å². The van der Waals surface area contributed by atoms with Crippen LogP contribution in [0, 0.1) is 0 Å². The summed E-state index contributed by atoms with van der Waals surface area (Å²) in [6, 6.07) is 4.90. The highest BCUT2D eigenvalue weighted by Crippen LogP contribution is 2.29. The van der Waals surface area contributed by atoms with Crippen molar-refractivity contribution in [3.05, 3.63) is 35.7 Å². The third kappa shape index (κ3) is 4.84. The number of halogens is 3. The number of likely N-dealkylation sites (N-methyl/N-ethyl adjacent to an activating group) is 1. The topological polar surface area (TPSA) is 87.4 Å². The Morgan fingerprint density at radius 1 is 1.25 bits per heavy atom. The maximum absolute atomic E-state index is 12.7. The zero-order chi connectivity index (χ0) is 20.3. The Morgan fingerprint density at radius 3 is 2.46 bits per heavy atom. The van der Waals surface area contributed by atoms with Crippen LogP contribution in [0.1, 0.15) is 24.2 Å². The van der Waals surface area contributed by atoms with Gasteiger partial charge in [0, 0.05) is 19.1 Å². The number of carboxylic acids is 1. The lowest BCUT2D eigenvalue weighted by Gasteiger charge is -2.35. The summed E-state index contributed by atoms with van der Waals surface area (Å²) in [5.41, 5.74) is -0.262. The molecule has 1 aliphatic rings. The number of hydrogen-bond donors (Lipinski definition) is 1. The van der Waals surface area contributed by atoms with Crippen LogP contribution >= 0.6 is 0 Å². The summed E-state index contributed by atoms with van der Waals surface area (Å²) in [4.78, 5) is 14.8. The van der Waals surface area contributed by atoms with Crippen molar-refractivity contribution >= 4 is 5.97 Å². The molecule has 0 aliphatic carbocycles. The zero-order valence-electron chi connectivity index (χ0n) is 15.3. The molecule has 0 amide bonds. The molecule has 0 saturated carbocycles. The third-order valence-corrected chi connectivity index (χ3v) is 4.90. The van der Waals surface area contributed by atoms with Crippen LogP contribution in [0.5, 0.6) is 0 Å². The van der Waals surface area contributed by atoms with Gasteiger partial charge in [-0.05, 0) is 54.6 Å². The van der Waals surface area contributed by atoms with Crippen molar-refractivity contribution in [2.45, 2.75) is 31.6 Å².